The molecule has 1 heterocycles. The van der Waals surface area contributed by atoms with E-state index in [1.165, 1.54) is 36.3 Å². The summed E-state index contributed by atoms with van der Waals surface area (Å²) in [5.74, 6) is -1.32. The third-order valence-corrected chi connectivity index (χ3v) is 6.66. The molecule has 6 nitrogen and oxygen atoms in total. The van der Waals surface area contributed by atoms with Crippen LogP contribution < -0.4 is 5.32 Å². The van der Waals surface area contributed by atoms with E-state index in [9.17, 15) is 14.0 Å². The molecule has 2 aromatic rings. The van der Waals surface area contributed by atoms with E-state index in [-0.39, 0.29) is 40.2 Å². The summed E-state index contributed by atoms with van der Waals surface area (Å²) in [6.45, 7) is 0.302. The van der Waals surface area contributed by atoms with Gasteiger partial charge in [-0.1, -0.05) is 48.2 Å². The fourth-order valence-corrected chi connectivity index (χ4v) is 4.52. The Balaban J connectivity index is 1.98. The standard InChI is InChI=1S/C20H22Cl2FN3O3S/c1-29-11-10-26(20(28)16-15(21)18(22)30-25-16)17(12-6-8-13(23)9-7-12)19(27)24-14-4-2-3-5-14/h6-9,14,17H,2-5,10-11H2,1H3,(H,24,27)/t17-/m1/s1. The van der Waals surface area contributed by atoms with E-state index >= 15 is 0 Å². The van der Waals surface area contributed by atoms with Crippen LogP contribution in [0.5, 0.6) is 0 Å². The second kappa shape index (κ2) is 10.5. The van der Waals surface area contributed by atoms with Crippen molar-refractivity contribution < 1.29 is 18.7 Å². The van der Waals surface area contributed by atoms with Gasteiger partial charge in [0.1, 0.15) is 21.2 Å². The summed E-state index contributed by atoms with van der Waals surface area (Å²) in [6, 6.07) is 4.57. The van der Waals surface area contributed by atoms with Gasteiger partial charge in [0, 0.05) is 19.7 Å². The number of carbonyl (C=O) groups is 2. The molecule has 0 spiro atoms. The van der Waals surface area contributed by atoms with Crippen LogP contribution in [0.15, 0.2) is 24.3 Å². The zero-order valence-electron chi connectivity index (χ0n) is 16.4. The molecule has 0 bridgehead atoms. The Morgan fingerprint density at radius 3 is 2.53 bits per heavy atom. The number of carbonyl (C=O) groups excluding carboxylic acids is 2. The van der Waals surface area contributed by atoms with Gasteiger partial charge >= 0.3 is 0 Å². The maximum absolute atomic E-state index is 13.5. The Morgan fingerprint density at radius 2 is 1.97 bits per heavy atom. The van der Waals surface area contributed by atoms with E-state index in [1.54, 1.807) is 0 Å². The Morgan fingerprint density at radius 1 is 1.30 bits per heavy atom. The lowest BCUT2D eigenvalue weighted by Gasteiger charge is -2.31. The summed E-state index contributed by atoms with van der Waals surface area (Å²) in [5, 5.41) is 3.08. The van der Waals surface area contributed by atoms with Crippen molar-refractivity contribution in [3.63, 3.8) is 0 Å². The van der Waals surface area contributed by atoms with E-state index in [0.717, 1.165) is 37.2 Å². The third kappa shape index (κ3) is 5.29. The molecule has 30 heavy (non-hydrogen) atoms. The first-order valence-electron chi connectivity index (χ1n) is 9.58. The van der Waals surface area contributed by atoms with Gasteiger partial charge < -0.3 is 15.0 Å². The molecule has 1 aliphatic rings. The Bertz CT molecular complexity index is 888. The van der Waals surface area contributed by atoms with Gasteiger partial charge in [0.05, 0.1) is 6.61 Å². The average molecular weight is 474 g/mol. The number of hydrogen-bond acceptors (Lipinski definition) is 5. The van der Waals surface area contributed by atoms with Gasteiger partial charge in [-0.3, -0.25) is 9.59 Å². The van der Waals surface area contributed by atoms with Crippen molar-refractivity contribution in [2.45, 2.75) is 37.8 Å². The van der Waals surface area contributed by atoms with Crippen molar-refractivity contribution >= 4 is 46.5 Å². The number of benzene rings is 1. The molecule has 1 saturated carbocycles. The number of ether oxygens (including phenoxy) is 1. The summed E-state index contributed by atoms with van der Waals surface area (Å²) >= 11 is 13.0. The summed E-state index contributed by atoms with van der Waals surface area (Å²) in [7, 11) is 1.50. The minimum atomic E-state index is -0.995. The van der Waals surface area contributed by atoms with Gasteiger partial charge in [-0.25, -0.2) is 4.39 Å². The molecule has 3 rings (SSSR count). The van der Waals surface area contributed by atoms with Crippen molar-refractivity contribution in [1.29, 1.82) is 0 Å². The number of hydrogen-bond donors (Lipinski definition) is 1. The Kier molecular flexibility index (Phi) is 8.05. The van der Waals surface area contributed by atoms with Gasteiger partial charge in [-0.05, 0) is 42.1 Å². The molecule has 1 aromatic carbocycles. The summed E-state index contributed by atoms with van der Waals surface area (Å²) in [5.41, 5.74) is 0.456. The number of halogens is 3. The third-order valence-electron chi connectivity index (χ3n) is 5.04. The molecular formula is C20H22Cl2FN3O3S. The molecule has 0 radical (unpaired) electrons. The zero-order valence-corrected chi connectivity index (χ0v) is 18.7. The maximum atomic E-state index is 13.5. The first kappa shape index (κ1) is 22.9. The Hall–Kier alpha value is -1.74. The highest BCUT2D eigenvalue weighted by Crippen LogP contribution is 2.32. The van der Waals surface area contributed by atoms with Crippen LogP contribution in [0.1, 0.15) is 47.8 Å². The van der Waals surface area contributed by atoms with Crippen molar-refractivity contribution in [3.8, 4) is 0 Å². The lowest BCUT2D eigenvalue weighted by Crippen LogP contribution is -2.47. The lowest BCUT2D eigenvalue weighted by molar-refractivity contribution is -0.126. The summed E-state index contributed by atoms with van der Waals surface area (Å²) < 4.78 is 22.9. The fraction of sp³-hybridized carbons (Fsp3) is 0.450. The van der Waals surface area contributed by atoms with Crippen molar-refractivity contribution in [1.82, 2.24) is 14.6 Å². The van der Waals surface area contributed by atoms with Crippen LogP contribution >= 0.6 is 34.7 Å². The highest BCUT2D eigenvalue weighted by atomic mass is 35.5. The first-order chi connectivity index (χ1) is 14.4. The maximum Gasteiger partial charge on any atom is 0.276 e. The van der Waals surface area contributed by atoms with Gasteiger partial charge in [-0.2, -0.15) is 4.37 Å². The Labute approximate surface area is 188 Å². The summed E-state index contributed by atoms with van der Waals surface area (Å²) in [6.07, 6.45) is 3.87. The number of amides is 2. The molecule has 1 fully saturated rings. The molecule has 2 amide bonds. The zero-order chi connectivity index (χ0) is 21.7. The number of nitrogens with zero attached hydrogens (tertiary/aromatic N) is 2. The van der Waals surface area contributed by atoms with Crippen LogP contribution in [-0.4, -0.2) is 47.4 Å². The van der Waals surface area contributed by atoms with Gasteiger partial charge in [0.15, 0.2) is 5.69 Å². The SMILES string of the molecule is COCCN(C(=O)c1nsc(Cl)c1Cl)[C@@H](C(=O)NC1CCCC1)c1ccc(F)cc1. The molecule has 1 aromatic heterocycles. The number of aromatic nitrogens is 1. The van der Waals surface area contributed by atoms with Crippen molar-refractivity contribution in [3.05, 3.63) is 50.7 Å². The van der Waals surface area contributed by atoms with Crippen LogP contribution in [0.3, 0.4) is 0 Å². The topological polar surface area (TPSA) is 71.5 Å². The second-order valence-electron chi connectivity index (χ2n) is 7.05. The van der Waals surface area contributed by atoms with E-state index in [0.29, 0.717) is 5.56 Å². The minimum Gasteiger partial charge on any atom is -0.383 e. The average Bonchev–Trinajstić information content (AvgIpc) is 3.36. The summed E-state index contributed by atoms with van der Waals surface area (Å²) in [4.78, 5) is 28.0. The van der Waals surface area contributed by atoms with Crippen LogP contribution in [-0.2, 0) is 9.53 Å². The second-order valence-corrected chi connectivity index (χ2v) is 8.81. The fourth-order valence-electron chi connectivity index (χ4n) is 3.53. The molecule has 0 unspecified atom stereocenters. The van der Waals surface area contributed by atoms with Gasteiger partial charge in [0.25, 0.3) is 5.91 Å². The van der Waals surface area contributed by atoms with Gasteiger partial charge in [-0.15, -0.1) is 0 Å². The number of methoxy groups -OCH3 is 1. The van der Waals surface area contributed by atoms with Crippen molar-refractivity contribution in [2.24, 2.45) is 0 Å². The monoisotopic (exact) mass is 473 g/mol. The molecule has 1 aliphatic carbocycles. The normalized spacial score (nSPS) is 15.2. The van der Waals surface area contributed by atoms with E-state index in [4.69, 9.17) is 27.9 Å². The van der Waals surface area contributed by atoms with Crippen LogP contribution in [0.2, 0.25) is 9.36 Å². The van der Waals surface area contributed by atoms with Gasteiger partial charge in [0.2, 0.25) is 5.91 Å². The highest BCUT2D eigenvalue weighted by Gasteiger charge is 2.35. The van der Waals surface area contributed by atoms with Crippen LogP contribution in [0.25, 0.3) is 0 Å². The molecule has 0 saturated heterocycles. The smallest absolute Gasteiger partial charge is 0.276 e. The molecule has 1 atom stereocenters. The number of nitrogens with one attached hydrogen (secondary N) is 1. The van der Waals surface area contributed by atoms with E-state index in [2.05, 4.69) is 9.69 Å². The van der Waals surface area contributed by atoms with Crippen LogP contribution in [0.4, 0.5) is 4.39 Å². The lowest BCUT2D eigenvalue weighted by atomic mass is 10.0. The van der Waals surface area contributed by atoms with E-state index < -0.39 is 17.8 Å². The number of rotatable bonds is 8. The molecule has 162 valence electrons. The quantitative estimate of drug-likeness (QED) is 0.613. The predicted octanol–water partition coefficient (Wildman–Crippen LogP) is 4.48. The van der Waals surface area contributed by atoms with Crippen LogP contribution in [0, 0.1) is 5.82 Å². The van der Waals surface area contributed by atoms with Crippen molar-refractivity contribution in [2.75, 3.05) is 20.3 Å². The largest absolute Gasteiger partial charge is 0.383 e. The molecule has 1 N–H and O–H groups in total. The molecule has 0 aliphatic heterocycles. The predicted molar refractivity (Wildman–Crippen MR) is 115 cm³/mol. The minimum absolute atomic E-state index is 0.0245. The van der Waals surface area contributed by atoms with E-state index in [1.807, 2.05) is 0 Å². The first-order valence-corrected chi connectivity index (χ1v) is 11.1. The highest BCUT2D eigenvalue weighted by molar-refractivity contribution is 7.11. The molecular weight excluding hydrogens is 452 g/mol. The molecule has 10 heteroatoms.